The molecule has 4 rings (SSSR count). The molecule has 1 fully saturated rings. The Balaban J connectivity index is 1.58. The molecule has 174 valence electrons. The van der Waals surface area contributed by atoms with Crippen molar-refractivity contribution in [3.05, 3.63) is 83.6 Å². The fraction of sp³-hybridized carbons (Fsp3) is 0.273. The number of hydrogen-bond donors (Lipinski definition) is 1. The monoisotopic (exact) mass is 478 g/mol. The van der Waals surface area contributed by atoms with E-state index in [0.717, 1.165) is 12.1 Å². The van der Waals surface area contributed by atoms with E-state index in [9.17, 15) is 26.4 Å². The summed E-state index contributed by atoms with van der Waals surface area (Å²) in [7, 11) is -2.31. The van der Waals surface area contributed by atoms with Crippen molar-refractivity contribution < 1.29 is 26.4 Å². The van der Waals surface area contributed by atoms with E-state index in [1.165, 1.54) is 51.7 Å². The van der Waals surface area contributed by atoms with Crippen molar-refractivity contribution in [2.75, 3.05) is 13.1 Å². The van der Waals surface area contributed by atoms with Gasteiger partial charge in [-0.3, -0.25) is 4.79 Å². The Morgan fingerprint density at radius 1 is 1.09 bits per heavy atom. The van der Waals surface area contributed by atoms with Crippen LogP contribution in [0.3, 0.4) is 0 Å². The summed E-state index contributed by atoms with van der Waals surface area (Å²) in [6.45, 7) is -0.159. The van der Waals surface area contributed by atoms with Gasteiger partial charge in [0.1, 0.15) is 5.82 Å². The SMILES string of the molecule is Cn1cnc(S(=O)(=O)N2C[C@H](C(=O)NCc3ccc(F)c(F)c3)[C@@H](c3ccc(F)cc3)C2)c1. The number of halogens is 3. The molecule has 1 amide bonds. The van der Waals surface area contributed by atoms with E-state index < -0.39 is 45.2 Å². The lowest BCUT2D eigenvalue weighted by molar-refractivity contribution is -0.125. The van der Waals surface area contributed by atoms with E-state index in [0.29, 0.717) is 11.1 Å². The molecule has 0 aliphatic carbocycles. The summed E-state index contributed by atoms with van der Waals surface area (Å²) < 4.78 is 68.9. The fourth-order valence-electron chi connectivity index (χ4n) is 3.90. The molecule has 0 unspecified atom stereocenters. The Kier molecular flexibility index (Phi) is 6.26. The third-order valence-electron chi connectivity index (χ3n) is 5.66. The molecular weight excluding hydrogens is 457 g/mol. The molecule has 0 radical (unpaired) electrons. The van der Waals surface area contributed by atoms with Gasteiger partial charge in [-0.05, 0) is 35.4 Å². The number of imidazole rings is 1. The van der Waals surface area contributed by atoms with Crippen LogP contribution >= 0.6 is 0 Å². The van der Waals surface area contributed by atoms with E-state index in [2.05, 4.69) is 10.3 Å². The van der Waals surface area contributed by atoms with Gasteiger partial charge in [0.2, 0.25) is 5.91 Å². The number of rotatable bonds is 6. The zero-order chi connectivity index (χ0) is 23.8. The molecule has 33 heavy (non-hydrogen) atoms. The second-order valence-electron chi connectivity index (χ2n) is 7.93. The average molecular weight is 478 g/mol. The summed E-state index contributed by atoms with van der Waals surface area (Å²) in [6.07, 6.45) is 2.74. The summed E-state index contributed by atoms with van der Waals surface area (Å²) in [4.78, 5) is 17.0. The van der Waals surface area contributed by atoms with Gasteiger partial charge >= 0.3 is 0 Å². The zero-order valence-electron chi connectivity index (χ0n) is 17.6. The number of aryl methyl sites for hydroxylation is 1. The van der Waals surface area contributed by atoms with Gasteiger partial charge in [0.15, 0.2) is 16.7 Å². The van der Waals surface area contributed by atoms with Gasteiger partial charge in [-0.25, -0.2) is 26.6 Å². The molecule has 0 bridgehead atoms. The van der Waals surface area contributed by atoms with Gasteiger partial charge < -0.3 is 9.88 Å². The lowest BCUT2D eigenvalue weighted by Crippen LogP contribution is -2.35. The van der Waals surface area contributed by atoms with Crippen LogP contribution in [0.25, 0.3) is 0 Å². The van der Waals surface area contributed by atoms with Gasteiger partial charge in [-0.2, -0.15) is 4.31 Å². The first-order valence-corrected chi connectivity index (χ1v) is 11.5. The van der Waals surface area contributed by atoms with Crippen LogP contribution in [0.15, 0.2) is 60.0 Å². The van der Waals surface area contributed by atoms with Crippen molar-refractivity contribution >= 4 is 15.9 Å². The molecule has 1 aliphatic heterocycles. The Labute approximate surface area is 188 Å². The number of hydrogen-bond acceptors (Lipinski definition) is 4. The first-order valence-electron chi connectivity index (χ1n) is 10.1. The van der Waals surface area contributed by atoms with Crippen LogP contribution in [-0.4, -0.2) is 41.3 Å². The number of aromatic nitrogens is 2. The van der Waals surface area contributed by atoms with Crippen molar-refractivity contribution in [1.29, 1.82) is 0 Å². The molecule has 3 aromatic rings. The van der Waals surface area contributed by atoms with Gasteiger partial charge in [-0.15, -0.1) is 0 Å². The molecule has 1 aromatic heterocycles. The first-order chi connectivity index (χ1) is 15.6. The van der Waals surface area contributed by atoms with E-state index in [1.54, 1.807) is 7.05 Å². The van der Waals surface area contributed by atoms with Crippen LogP contribution in [0.2, 0.25) is 0 Å². The van der Waals surface area contributed by atoms with Crippen LogP contribution < -0.4 is 5.32 Å². The minimum atomic E-state index is -3.95. The number of carbonyl (C=O) groups is 1. The molecule has 0 saturated carbocycles. The summed E-state index contributed by atoms with van der Waals surface area (Å²) in [5.41, 5.74) is 0.972. The lowest BCUT2D eigenvalue weighted by atomic mass is 9.88. The van der Waals surface area contributed by atoms with E-state index >= 15 is 0 Å². The maximum atomic E-state index is 13.5. The number of amides is 1. The van der Waals surface area contributed by atoms with Crippen molar-refractivity contribution in [2.45, 2.75) is 17.5 Å². The van der Waals surface area contributed by atoms with Gasteiger partial charge in [-0.1, -0.05) is 18.2 Å². The van der Waals surface area contributed by atoms with Crippen LogP contribution in [0.1, 0.15) is 17.0 Å². The highest BCUT2D eigenvalue weighted by atomic mass is 32.2. The lowest BCUT2D eigenvalue weighted by Gasteiger charge is -2.18. The van der Waals surface area contributed by atoms with Gasteiger partial charge in [0.25, 0.3) is 10.0 Å². The molecule has 2 atom stereocenters. The molecular formula is C22H21F3N4O3S. The molecule has 7 nitrogen and oxygen atoms in total. The smallest absolute Gasteiger partial charge is 0.262 e. The van der Waals surface area contributed by atoms with Crippen LogP contribution in [0.4, 0.5) is 13.2 Å². The summed E-state index contributed by atoms with van der Waals surface area (Å²) in [5, 5.41) is 2.54. The highest BCUT2D eigenvalue weighted by Crippen LogP contribution is 2.36. The quantitative estimate of drug-likeness (QED) is 0.590. The highest BCUT2D eigenvalue weighted by molar-refractivity contribution is 7.89. The summed E-state index contributed by atoms with van der Waals surface area (Å²) in [5.74, 6) is -4.23. The molecule has 0 spiro atoms. The molecule has 1 N–H and O–H groups in total. The number of sulfonamides is 1. The number of benzene rings is 2. The summed E-state index contributed by atoms with van der Waals surface area (Å²) >= 11 is 0. The molecule has 1 saturated heterocycles. The Morgan fingerprint density at radius 2 is 1.82 bits per heavy atom. The number of nitrogens with one attached hydrogen (secondary N) is 1. The average Bonchev–Trinajstić information content (AvgIpc) is 3.42. The summed E-state index contributed by atoms with van der Waals surface area (Å²) in [6, 6.07) is 8.85. The van der Waals surface area contributed by atoms with E-state index in [1.807, 2.05) is 0 Å². The molecule has 2 heterocycles. The Bertz CT molecular complexity index is 1280. The van der Waals surface area contributed by atoms with Crippen LogP contribution in [-0.2, 0) is 28.4 Å². The van der Waals surface area contributed by atoms with Crippen molar-refractivity contribution in [3.63, 3.8) is 0 Å². The third-order valence-corrected chi connectivity index (χ3v) is 7.37. The topological polar surface area (TPSA) is 84.3 Å². The normalized spacial score (nSPS) is 19.0. The fourth-order valence-corrected chi connectivity index (χ4v) is 5.36. The Morgan fingerprint density at radius 3 is 2.45 bits per heavy atom. The second kappa shape index (κ2) is 8.99. The Hall–Kier alpha value is -3.18. The minimum Gasteiger partial charge on any atom is -0.352 e. The second-order valence-corrected chi connectivity index (χ2v) is 9.82. The standard InChI is InChI=1S/C22H21F3N4O3S/c1-28-12-21(27-13-28)33(31,32)29-10-17(15-3-5-16(23)6-4-15)18(11-29)22(30)26-9-14-2-7-19(24)20(25)8-14/h2-8,12-13,17-18H,9-11H2,1H3,(H,26,30)/t17-,18+/m1/s1. The van der Waals surface area contributed by atoms with E-state index in [-0.39, 0.29) is 24.7 Å². The maximum Gasteiger partial charge on any atom is 0.262 e. The number of carbonyl (C=O) groups excluding carboxylic acids is 1. The van der Waals surface area contributed by atoms with Crippen molar-refractivity contribution in [2.24, 2.45) is 13.0 Å². The third kappa shape index (κ3) is 4.79. The maximum absolute atomic E-state index is 13.5. The van der Waals surface area contributed by atoms with Gasteiger partial charge in [0.05, 0.1) is 12.2 Å². The largest absolute Gasteiger partial charge is 0.352 e. The molecule has 1 aliphatic rings. The zero-order valence-corrected chi connectivity index (χ0v) is 18.4. The van der Waals surface area contributed by atoms with E-state index in [4.69, 9.17) is 0 Å². The first kappa shape index (κ1) is 23.0. The minimum absolute atomic E-state index is 0.00774. The van der Waals surface area contributed by atoms with Crippen molar-refractivity contribution in [3.8, 4) is 0 Å². The molecule has 2 aromatic carbocycles. The molecule has 11 heteroatoms. The predicted octanol–water partition coefficient (Wildman–Crippen LogP) is 2.56. The number of nitrogens with zero attached hydrogens (tertiary/aromatic N) is 3. The highest BCUT2D eigenvalue weighted by Gasteiger charge is 2.44. The van der Waals surface area contributed by atoms with Gasteiger partial charge in [0, 0.05) is 38.8 Å². The van der Waals surface area contributed by atoms with Crippen molar-refractivity contribution in [1.82, 2.24) is 19.2 Å². The predicted molar refractivity (Wildman–Crippen MR) is 113 cm³/mol. The van der Waals surface area contributed by atoms with Crippen LogP contribution in [0, 0.1) is 23.4 Å². The van der Waals surface area contributed by atoms with Crippen LogP contribution in [0.5, 0.6) is 0 Å².